The molecule has 0 amide bonds. The minimum Gasteiger partial charge on any atom is -0.396 e. The van der Waals surface area contributed by atoms with Crippen molar-refractivity contribution in [1.82, 2.24) is 5.32 Å². The van der Waals surface area contributed by atoms with Crippen LogP contribution in [-0.4, -0.2) is 31.0 Å². The number of hydrogen-bond acceptors (Lipinski definition) is 2. The molecule has 1 aliphatic heterocycles. The molecular formula is C7H14FNO. The monoisotopic (exact) mass is 147 g/mol. The van der Waals surface area contributed by atoms with Crippen LogP contribution in [0.5, 0.6) is 0 Å². The zero-order chi connectivity index (χ0) is 7.40. The zero-order valence-electron chi connectivity index (χ0n) is 6.02. The summed E-state index contributed by atoms with van der Waals surface area (Å²) >= 11 is 0. The van der Waals surface area contributed by atoms with Crippen LogP contribution in [0.25, 0.3) is 0 Å². The highest BCUT2D eigenvalue weighted by Gasteiger charge is 2.21. The molecule has 0 saturated carbocycles. The summed E-state index contributed by atoms with van der Waals surface area (Å²) in [7, 11) is 0. The third-order valence-corrected chi connectivity index (χ3v) is 2.03. The molecule has 2 atom stereocenters. The van der Waals surface area contributed by atoms with E-state index in [0.717, 1.165) is 19.5 Å². The normalized spacial score (nSPS) is 35.4. The van der Waals surface area contributed by atoms with Gasteiger partial charge in [0, 0.05) is 12.5 Å². The van der Waals surface area contributed by atoms with Crippen LogP contribution in [0.3, 0.4) is 0 Å². The van der Waals surface area contributed by atoms with Crippen molar-refractivity contribution in [3.05, 3.63) is 0 Å². The summed E-state index contributed by atoms with van der Waals surface area (Å²) < 4.78 is 12.9. The maximum absolute atomic E-state index is 12.9. The summed E-state index contributed by atoms with van der Waals surface area (Å²) in [4.78, 5) is 0. The Morgan fingerprint density at radius 3 is 2.80 bits per heavy atom. The van der Waals surface area contributed by atoms with Gasteiger partial charge in [-0.15, -0.1) is 0 Å². The first kappa shape index (κ1) is 7.95. The summed E-state index contributed by atoms with van der Waals surface area (Å²) in [6.45, 7) is 1.58. The second-order valence-electron chi connectivity index (χ2n) is 2.79. The van der Waals surface area contributed by atoms with Gasteiger partial charge in [-0.25, -0.2) is 4.39 Å². The van der Waals surface area contributed by atoms with E-state index in [1.807, 2.05) is 0 Å². The number of rotatable bonds is 1. The van der Waals surface area contributed by atoms with Crippen LogP contribution in [0, 0.1) is 5.92 Å². The Hall–Kier alpha value is -0.150. The van der Waals surface area contributed by atoms with Crippen molar-refractivity contribution in [3.8, 4) is 0 Å². The van der Waals surface area contributed by atoms with Crippen molar-refractivity contribution in [3.63, 3.8) is 0 Å². The van der Waals surface area contributed by atoms with Gasteiger partial charge in [-0.05, 0) is 25.9 Å². The Morgan fingerprint density at radius 2 is 2.10 bits per heavy atom. The Balaban J connectivity index is 2.35. The Kier molecular flexibility index (Phi) is 3.09. The van der Waals surface area contributed by atoms with E-state index < -0.39 is 6.17 Å². The number of aliphatic hydroxyl groups is 1. The number of hydrogen-bond donors (Lipinski definition) is 2. The zero-order valence-corrected chi connectivity index (χ0v) is 6.02. The lowest BCUT2D eigenvalue weighted by atomic mass is 10.0. The molecule has 10 heavy (non-hydrogen) atoms. The van der Waals surface area contributed by atoms with Crippen LogP contribution in [-0.2, 0) is 0 Å². The molecule has 0 radical (unpaired) electrons. The maximum Gasteiger partial charge on any atom is 0.106 e. The molecule has 60 valence electrons. The molecule has 1 heterocycles. The summed E-state index contributed by atoms with van der Waals surface area (Å²) in [5.74, 6) is -0.130. The largest absolute Gasteiger partial charge is 0.396 e. The quantitative estimate of drug-likeness (QED) is 0.559. The molecule has 1 fully saturated rings. The first-order chi connectivity index (χ1) is 4.84. The van der Waals surface area contributed by atoms with Gasteiger partial charge in [-0.2, -0.15) is 0 Å². The third kappa shape index (κ3) is 1.92. The lowest BCUT2D eigenvalue weighted by Crippen LogP contribution is -2.19. The van der Waals surface area contributed by atoms with Crippen molar-refractivity contribution >= 4 is 0 Å². The van der Waals surface area contributed by atoms with Gasteiger partial charge in [0.2, 0.25) is 0 Å². The van der Waals surface area contributed by atoms with E-state index in [1.54, 1.807) is 0 Å². The van der Waals surface area contributed by atoms with Crippen LogP contribution in [0.15, 0.2) is 0 Å². The molecule has 0 aromatic rings. The van der Waals surface area contributed by atoms with E-state index >= 15 is 0 Å². The van der Waals surface area contributed by atoms with E-state index in [-0.39, 0.29) is 12.5 Å². The fraction of sp³-hybridized carbons (Fsp3) is 1.00. The van der Waals surface area contributed by atoms with Gasteiger partial charge in [0.05, 0.1) is 0 Å². The minimum absolute atomic E-state index is 0.0111. The number of halogens is 1. The van der Waals surface area contributed by atoms with Gasteiger partial charge >= 0.3 is 0 Å². The van der Waals surface area contributed by atoms with Crippen LogP contribution >= 0.6 is 0 Å². The minimum atomic E-state index is -0.806. The van der Waals surface area contributed by atoms with E-state index in [1.165, 1.54) is 0 Å². The molecule has 2 N–H and O–H groups in total. The van der Waals surface area contributed by atoms with Crippen molar-refractivity contribution in [2.75, 3.05) is 19.7 Å². The summed E-state index contributed by atoms with van der Waals surface area (Å²) in [6.07, 6.45) is 0.503. The van der Waals surface area contributed by atoms with E-state index in [0.29, 0.717) is 6.42 Å². The number of alkyl halides is 1. The lowest BCUT2D eigenvalue weighted by Gasteiger charge is -2.13. The summed E-state index contributed by atoms with van der Waals surface area (Å²) in [5.41, 5.74) is 0. The van der Waals surface area contributed by atoms with Gasteiger partial charge in [-0.1, -0.05) is 0 Å². The second kappa shape index (κ2) is 3.88. The van der Waals surface area contributed by atoms with Gasteiger partial charge in [0.15, 0.2) is 0 Å². The number of nitrogens with one attached hydrogen (secondary N) is 1. The van der Waals surface area contributed by atoms with E-state index in [2.05, 4.69) is 5.32 Å². The van der Waals surface area contributed by atoms with Gasteiger partial charge < -0.3 is 10.4 Å². The Labute approximate surface area is 60.4 Å². The molecule has 3 heteroatoms. The predicted octanol–water partition coefficient (Wildman–Crippen LogP) is 0.316. The molecule has 0 spiro atoms. The van der Waals surface area contributed by atoms with E-state index in [9.17, 15) is 4.39 Å². The van der Waals surface area contributed by atoms with E-state index in [4.69, 9.17) is 5.11 Å². The standard InChI is InChI=1S/C7H14FNO/c8-7-2-4-9-3-1-6(7)5-10/h6-7,9-10H,1-5H2. The second-order valence-corrected chi connectivity index (χ2v) is 2.79. The maximum atomic E-state index is 12.9. The Morgan fingerprint density at radius 1 is 1.40 bits per heavy atom. The van der Waals surface area contributed by atoms with Crippen molar-refractivity contribution in [2.24, 2.45) is 5.92 Å². The highest BCUT2D eigenvalue weighted by Crippen LogP contribution is 2.16. The molecular weight excluding hydrogens is 133 g/mol. The molecule has 2 unspecified atom stereocenters. The topological polar surface area (TPSA) is 32.3 Å². The van der Waals surface area contributed by atoms with Gasteiger partial charge in [0.1, 0.15) is 6.17 Å². The van der Waals surface area contributed by atoms with Gasteiger partial charge in [-0.3, -0.25) is 0 Å². The van der Waals surface area contributed by atoms with Crippen LogP contribution in [0.4, 0.5) is 4.39 Å². The lowest BCUT2D eigenvalue weighted by molar-refractivity contribution is 0.136. The third-order valence-electron chi connectivity index (χ3n) is 2.03. The molecule has 0 bridgehead atoms. The first-order valence-corrected chi connectivity index (χ1v) is 3.80. The van der Waals surface area contributed by atoms with Gasteiger partial charge in [0.25, 0.3) is 0 Å². The fourth-order valence-electron chi connectivity index (χ4n) is 1.27. The predicted molar refractivity (Wildman–Crippen MR) is 37.6 cm³/mol. The smallest absolute Gasteiger partial charge is 0.106 e. The fourth-order valence-corrected chi connectivity index (χ4v) is 1.27. The summed E-state index contributed by atoms with van der Waals surface area (Å²) in [6, 6.07) is 0. The average Bonchev–Trinajstić information content (AvgIpc) is 2.13. The van der Waals surface area contributed by atoms with Crippen LogP contribution in [0.2, 0.25) is 0 Å². The molecule has 0 aromatic heterocycles. The first-order valence-electron chi connectivity index (χ1n) is 3.80. The molecule has 1 aliphatic rings. The SMILES string of the molecule is OCC1CCNCCC1F. The molecule has 0 aliphatic carbocycles. The van der Waals surface area contributed by atoms with Crippen LogP contribution < -0.4 is 5.32 Å². The van der Waals surface area contributed by atoms with Crippen molar-refractivity contribution in [2.45, 2.75) is 19.0 Å². The van der Waals surface area contributed by atoms with Crippen LogP contribution in [0.1, 0.15) is 12.8 Å². The summed E-state index contributed by atoms with van der Waals surface area (Å²) in [5, 5.41) is 11.8. The molecule has 1 rings (SSSR count). The van der Waals surface area contributed by atoms with Crippen molar-refractivity contribution in [1.29, 1.82) is 0 Å². The average molecular weight is 147 g/mol. The molecule has 2 nitrogen and oxygen atoms in total. The number of aliphatic hydroxyl groups excluding tert-OH is 1. The Bertz CT molecular complexity index is 99.6. The highest BCUT2D eigenvalue weighted by atomic mass is 19.1. The molecule has 0 aromatic carbocycles. The van der Waals surface area contributed by atoms with Crippen molar-refractivity contribution < 1.29 is 9.50 Å². The molecule has 1 saturated heterocycles. The highest BCUT2D eigenvalue weighted by molar-refractivity contribution is 4.74.